The van der Waals surface area contributed by atoms with E-state index in [-0.39, 0.29) is 16.8 Å². The lowest BCUT2D eigenvalue weighted by Gasteiger charge is -2.24. The second kappa shape index (κ2) is 9.87. The molecule has 0 aromatic heterocycles. The van der Waals surface area contributed by atoms with Crippen LogP contribution in [0.4, 0.5) is 11.4 Å². The minimum Gasteiger partial charge on any atom is -0.489 e. The molecule has 4 aromatic rings. The standard InChI is InChI=1S/C29H26N2O4S/c1-21-18-24-19-23(12-17-28(24)31(21)36(33,34)27-10-6-3-7-11-27)29(32)30-25-13-15-26(16-14-25)35-20-22-8-4-2-5-9-22/h2-17,19,21H,18,20H2,1H3,(H,30,32)/t21-/m0/s1. The third kappa shape index (κ3) is 4.83. The van der Waals surface area contributed by atoms with Crippen LogP contribution >= 0.6 is 0 Å². The number of ether oxygens (including phenoxy) is 1. The maximum atomic E-state index is 13.3. The Labute approximate surface area is 211 Å². The van der Waals surface area contributed by atoms with Crippen LogP contribution in [0, 0.1) is 0 Å². The van der Waals surface area contributed by atoms with Crippen LogP contribution in [0.25, 0.3) is 0 Å². The number of carbonyl (C=O) groups excluding carboxylic acids is 1. The molecule has 0 aliphatic carbocycles. The predicted octanol–water partition coefficient (Wildman–Crippen LogP) is 5.66. The van der Waals surface area contributed by atoms with E-state index in [1.54, 1.807) is 60.7 Å². The van der Waals surface area contributed by atoms with Crippen LogP contribution in [-0.4, -0.2) is 20.4 Å². The number of benzene rings is 4. The molecule has 36 heavy (non-hydrogen) atoms. The molecule has 0 saturated carbocycles. The van der Waals surface area contributed by atoms with Gasteiger partial charge in [-0.05, 0) is 79.1 Å². The van der Waals surface area contributed by atoms with Gasteiger partial charge in [0.25, 0.3) is 15.9 Å². The first-order valence-corrected chi connectivity index (χ1v) is 13.2. The highest BCUT2D eigenvalue weighted by molar-refractivity contribution is 7.92. The van der Waals surface area contributed by atoms with Gasteiger partial charge in [-0.25, -0.2) is 8.42 Å². The van der Waals surface area contributed by atoms with Crippen molar-refractivity contribution in [3.63, 3.8) is 0 Å². The van der Waals surface area contributed by atoms with Crippen LogP contribution in [0.2, 0.25) is 0 Å². The van der Waals surface area contributed by atoms with Gasteiger partial charge in [-0.3, -0.25) is 9.10 Å². The van der Waals surface area contributed by atoms with Crippen molar-refractivity contribution >= 4 is 27.3 Å². The van der Waals surface area contributed by atoms with Crippen LogP contribution in [0.3, 0.4) is 0 Å². The lowest BCUT2D eigenvalue weighted by molar-refractivity contribution is 0.102. The fraction of sp³-hybridized carbons (Fsp3) is 0.138. The molecule has 0 spiro atoms. The lowest BCUT2D eigenvalue weighted by Crippen LogP contribution is -2.35. The summed E-state index contributed by atoms with van der Waals surface area (Å²) in [5, 5.41) is 2.90. The normalized spacial score (nSPS) is 14.8. The van der Waals surface area contributed by atoms with Crippen molar-refractivity contribution in [2.75, 3.05) is 9.62 Å². The Kier molecular flexibility index (Phi) is 6.48. The highest BCUT2D eigenvalue weighted by Gasteiger charge is 2.36. The number of carbonyl (C=O) groups is 1. The van der Waals surface area contributed by atoms with Crippen molar-refractivity contribution in [3.05, 3.63) is 120 Å². The van der Waals surface area contributed by atoms with E-state index in [4.69, 9.17) is 4.74 Å². The first kappa shape index (κ1) is 23.6. The molecule has 7 heteroatoms. The summed E-state index contributed by atoms with van der Waals surface area (Å²) < 4.78 is 33.8. The monoisotopic (exact) mass is 498 g/mol. The zero-order chi connectivity index (χ0) is 25.1. The third-order valence-electron chi connectivity index (χ3n) is 6.16. The summed E-state index contributed by atoms with van der Waals surface area (Å²) in [6, 6.07) is 30.4. The number of rotatable bonds is 7. The summed E-state index contributed by atoms with van der Waals surface area (Å²) in [6.45, 7) is 2.35. The third-order valence-corrected chi connectivity index (χ3v) is 8.10. The van der Waals surface area contributed by atoms with E-state index >= 15 is 0 Å². The number of anilines is 2. The van der Waals surface area contributed by atoms with Crippen LogP contribution in [-0.2, 0) is 23.1 Å². The molecule has 182 valence electrons. The highest BCUT2D eigenvalue weighted by Crippen LogP contribution is 2.37. The molecule has 0 saturated heterocycles. The summed E-state index contributed by atoms with van der Waals surface area (Å²) in [4.78, 5) is 13.2. The van der Waals surface area contributed by atoms with Gasteiger partial charge in [0.1, 0.15) is 12.4 Å². The molecule has 1 atom stereocenters. The van der Waals surface area contributed by atoms with Gasteiger partial charge in [-0.1, -0.05) is 48.5 Å². The largest absolute Gasteiger partial charge is 0.489 e. The fourth-order valence-corrected chi connectivity index (χ4v) is 6.11. The Bertz CT molecular complexity index is 1470. The summed E-state index contributed by atoms with van der Waals surface area (Å²) in [6.07, 6.45) is 0.538. The van der Waals surface area contributed by atoms with E-state index in [2.05, 4.69) is 5.32 Å². The molecule has 0 bridgehead atoms. The molecule has 5 rings (SSSR count). The van der Waals surface area contributed by atoms with Crippen molar-refractivity contribution in [2.24, 2.45) is 0 Å². The number of nitrogens with one attached hydrogen (secondary N) is 1. The van der Waals surface area contributed by atoms with Crippen molar-refractivity contribution in [1.82, 2.24) is 0 Å². The Hall–Kier alpha value is -4.10. The molecule has 6 nitrogen and oxygen atoms in total. The van der Waals surface area contributed by atoms with Crippen LogP contribution in [0.15, 0.2) is 108 Å². The summed E-state index contributed by atoms with van der Waals surface area (Å²) in [7, 11) is -3.69. The number of hydrogen-bond donors (Lipinski definition) is 1. The number of sulfonamides is 1. The van der Waals surface area contributed by atoms with E-state index in [0.29, 0.717) is 35.7 Å². The molecule has 0 unspecified atom stereocenters. The molecule has 0 radical (unpaired) electrons. The van der Waals surface area contributed by atoms with Gasteiger partial charge >= 0.3 is 0 Å². The predicted molar refractivity (Wildman–Crippen MR) is 141 cm³/mol. The maximum Gasteiger partial charge on any atom is 0.264 e. The number of fused-ring (bicyclic) bond motifs is 1. The Morgan fingerprint density at radius 1 is 0.917 bits per heavy atom. The second-order valence-electron chi connectivity index (χ2n) is 8.76. The second-order valence-corrected chi connectivity index (χ2v) is 10.6. The molecule has 1 heterocycles. The van der Waals surface area contributed by atoms with E-state index in [1.807, 2.05) is 49.4 Å². The Morgan fingerprint density at radius 2 is 1.58 bits per heavy atom. The van der Waals surface area contributed by atoms with Crippen LogP contribution in [0.1, 0.15) is 28.4 Å². The van der Waals surface area contributed by atoms with Crippen LogP contribution in [0.5, 0.6) is 5.75 Å². The van der Waals surface area contributed by atoms with Gasteiger partial charge in [0.15, 0.2) is 0 Å². The topological polar surface area (TPSA) is 75.7 Å². The molecule has 4 aromatic carbocycles. The SMILES string of the molecule is C[C@H]1Cc2cc(C(=O)Nc3ccc(OCc4ccccc4)cc3)ccc2N1S(=O)(=O)c1ccccc1. The van der Waals surface area contributed by atoms with Crippen molar-refractivity contribution in [3.8, 4) is 5.75 Å². The average Bonchev–Trinajstić information content (AvgIpc) is 3.25. The van der Waals surface area contributed by atoms with Gasteiger partial charge in [0.05, 0.1) is 10.6 Å². The minimum absolute atomic E-state index is 0.244. The van der Waals surface area contributed by atoms with E-state index in [0.717, 1.165) is 11.1 Å². The average molecular weight is 499 g/mol. The van der Waals surface area contributed by atoms with Crippen molar-refractivity contribution < 1.29 is 17.9 Å². The lowest BCUT2D eigenvalue weighted by atomic mass is 10.1. The summed E-state index contributed by atoms with van der Waals surface area (Å²) in [5.41, 5.74) is 3.65. The van der Waals surface area contributed by atoms with Gasteiger partial charge in [0, 0.05) is 17.3 Å². The molecular weight excluding hydrogens is 472 g/mol. The summed E-state index contributed by atoms with van der Waals surface area (Å²) >= 11 is 0. The van der Waals surface area contributed by atoms with Crippen molar-refractivity contribution in [1.29, 1.82) is 0 Å². The number of hydrogen-bond acceptors (Lipinski definition) is 4. The van der Waals surface area contributed by atoms with E-state index in [1.165, 1.54) is 4.31 Å². The van der Waals surface area contributed by atoms with Gasteiger partial charge < -0.3 is 10.1 Å². The fourth-order valence-electron chi connectivity index (χ4n) is 4.39. The van der Waals surface area contributed by atoms with E-state index in [9.17, 15) is 13.2 Å². The van der Waals surface area contributed by atoms with Crippen LogP contribution < -0.4 is 14.4 Å². The zero-order valence-corrected chi connectivity index (χ0v) is 20.6. The van der Waals surface area contributed by atoms with Gasteiger partial charge in [-0.15, -0.1) is 0 Å². The summed E-state index contributed by atoms with van der Waals surface area (Å²) in [5.74, 6) is 0.455. The van der Waals surface area contributed by atoms with Gasteiger partial charge in [-0.2, -0.15) is 0 Å². The number of nitrogens with zero attached hydrogens (tertiary/aromatic N) is 1. The van der Waals surface area contributed by atoms with Gasteiger partial charge in [0.2, 0.25) is 0 Å². The molecular formula is C29H26N2O4S. The molecule has 1 N–H and O–H groups in total. The van der Waals surface area contributed by atoms with E-state index < -0.39 is 10.0 Å². The quantitative estimate of drug-likeness (QED) is 0.357. The maximum absolute atomic E-state index is 13.3. The first-order valence-electron chi connectivity index (χ1n) is 11.7. The molecule has 1 aliphatic heterocycles. The first-order chi connectivity index (χ1) is 17.4. The minimum atomic E-state index is -3.69. The number of amides is 1. The molecule has 0 fully saturated rings. The molecule has 1 amide bonds. The van der Waals surface area contributed by atoms with Crippen molar-refractivity contribution in [2.45, 2.75) is 30.9 Å². The smallest absolute Gasteiger partial charge is 0.264 e. The Morgan fingerprint density at radius 3 is 2.28 bits per heavy atom. The zero-order valence-electron chi connectivity index (χ0n) is 19.8. The Balaban J connectivity index is 1.27. The highest BCUT2D eigenvalue weighted by atomic mass is 32.2. The molecule has 1 aliphatic rings.